The number of fused-ring (bicyclic) bond motifs is 1. The molecule has 1 aromatic carbocycles. The smallest absolute Gasteiger partial charge is 0.167 e. The van der Waals surface area contributed by atoms with Crippen molar-refractivity contribution in [2.45, 2.75) is 26.4 Å². The second-order valence-corrected chi connectivity index (χ2v) is 6.30. The molecule has 2 heterocycles. The summed E-state index contributed by atoms with van der Waals surface area (Å²) >= 11 is 0. The summed E-state index contributed by atoms with van der Waals surface area (Å²) in [6.45, 7) is 13.9. The van der Waals surface area contributed by atoms with Gasteiger partial charge in [-0.25, -0.2) is 0 Å². The number of piperazine rings is 1. The summed E-state index contributed by atoms with van der Waals surface area (Å²) in [5, 5.41) is 2.47. The third kappa shape index (κ3) is 3.07. The lowest BCUT2D eigenvalue weighted by Crippen LogP contribution is -3.28. The van der Waals surface area contributed by atoms with Gasteiger partial charge >= 0.3 is 0 Å². The molecule has 0 amide bonds. The standard InChI is InChI=1S/C17H27N3O/c1-3-19-8-10-20(11-9-19)15-13-18-12-14-6-5-7-16(17(14)15)21-4-2/h5-7,15,18H,3-4,8-13H2,1-2H3/p+3/t15-/m1/s1. The molecular formula is C17H30N3O+3. The van der Waals surface area contributed by atoms with Crippen LogP contribution < -0.4 is 19.9 Å². The minimum absolute atomic E-state index is 0.606. The van der Waals surface area contributed by atoms with E-state index in [0.29, 0.717) is 6.04 Å². The highest BCUT2D eigenvalue weighted by molar-refractivity contribution is 5.42. The van der Waals surface area contributed by atoms with E-state index in [-0.39, 0.29) is 0 Å². The molecule has 0 aliphatic carbocycles. The molecule has 1 aromatic rings. The average molecular weight is 292 g/mol. The maximum atomic E-state index is 5.94. The Morgan fingerprint density at radius 1 is 1.19 bits per heavy atom. The van der Waals surface area contributed by atoms with E-state index in [4.69, 9.17) is 4.74 Å². The molecule has 1 saturated heterocycles. The van der Waals surface area contributed by atoms with Crippen molar-refractivity contribution >= 4 is 0 Å². The Kier molecular flexibility index (Phi) is 4.78. The molecule has 0 saturated carbocycles. The molecular weight excluding hydrogens is 262 g/mol. The van der Waals surface area contributed by atoms with Crippen LogP contribution in [-0.4, -0.2) is 45.9 Å². The molecule has 0 bridgehead atoms. The van der Waals surface area contributed by atoms with Crippen LogP contribution in [0, 0.1) is 0 Å². The Hall–Kier alpha value is -1.10. The van der Waals surface area contributed by atoms with E-state index < -0.39 is 0 Å². The van der Waals surface area contributed by atoms with E-state index in [0.717, 1.165) is 18.9 Å². The zero-order valence-corrected chi connectivity index (χ0v) is 13.5. The van der Waals surface area contributed by atoms with Crippen molar-refractivity contribution in [3.8, 4) is 5.75 Å². The van der Waals surface area contributed by atoms with Crippen molar-refractivity contribution in [1.29, 1.82) is 0 Å². The molecule has 21 heavy (non-hydrogen) atoms. The first kappa shape index (κ1) is 14.8. The maximum Gasteiger partial charge on any atom is 0.167 e. The number of nitrogens with one attached hydrogen (secondary N) is 2. The van der Waals surface area contributed by atoms with E-state index in [1.807, 2.05) is 0 Å². The fourth-order valence-corrected chi connectivity index (χ4v) is 3.97. The van der Waals surface area contributed by atoms with E-state index >= 15 is 0 Å². The normalized spacial score (nSPS) is 29.0. The third-order valence-corrected chi connectivity index (χ3v) is 5.16. The predicted molar refractivity (Wildman–Crippen MR) is 82.8 cm³/mol. The van der Waals surface area contributed by atoms with Gasteiger partial charge in [-0.1, -0.05) is 12.1 Å². The second kappa shape index (κ2) is 6.77. The summed E-state index contributed by atoms with van der Waals surface area (Å²) in [5.74, 6) is 1.13. The topological polar surface area (TPSA) is 34.7 Å². The van der Waals surface area contributed by atoms with Gasteiger partial charge in [0.2, 0.25) is 0 Å². The van der Waals surface area contributed by atoms with Crippen molar-refractivity contribution < 1.29 is 19.9 Å². The lowest BCUT2D eigenvalue weighted by molar-refractivity contribution is -1.03. The van der Waals surface area contributed by atoms with Crippen molar-refractivity contribution in [1.82, 2.24) is 0 Å². The number of hydrogen-bond acceptors (Lipinski definition) is 1. The molecule has 4 nitrogen and oxygen atoms in total. The van der Waals surface area contributed by atoms with Crippen molar-refractivity contribution in [2.24, 2.45) is 0 Å². The summed E-state index contributed by atoms with van der Waals surface area (Å²) in [5.41, 5.74) is 2.98. The summed E-state index contributed by atoms with van der Waals surface area (Å²) in [6, 6.07) is 7.20. The minimum atomic E-state index is 0.606. The molecule has 2 aliphatic rings. The quantitative estimate of drug-likeness (QED) is 0.590. The molecule has 1 atom stereocenters. The van der Waals surface area contributed by atoms with E-state index in [2.05, 4.69) is 37.4 Å². The molecule has 0 radical (unpaired) electrons. The van der Waals surface area contributed by atoms with Crippen LogP contribution in [0.2, 0.25) is 0 Å². The van der Waals surface area contributed by atoms with Crippen molar-refractivity contribution in [2.75, 3.05) is 45.9 Å². The van der Waals surface area contributed by atoms with Gasteiger partial charge in [0.15, 0.2) is 6.04 Å². The number of likely N-dealkylation sites (N-methyl/N-ethyl adjacent to an activating group) is 1. The first-order valence-electron chi connectivity index (χ1n) is 8.57. The van der Waals surface area contributed by atoms with Gasteiger partial charge in [-0.15, -0.1) is 0 Å². The average Bonchev–Trinajstić information content (AvgIpc) is 2.55. The van der Waals surface area contributed by atoms with Crippen LogP contribution in [0.5, 0.6) is 5.75 Å². The van der Waals surface area contributed by atoms with Crippen LogP contribution in [0.4, 0.5) is 0 Å². The molecule has 0 aromatic heterocycles. The third-order valence-electron chi connectivity index (χ3n) is 5.16. The van der Waals surface area contributed by atoms with Gasteiger partial charge < -0.3 is 19.9 Å². The van der Waals surface area contributed by atoms with Crippen LogP contribution >= 0.6 is 0 Å². The van der Waals surface area contributed by atoms with Crippen LogP contribution in [-0.2, 0) is 6.54 Å². The first-order valence-corrected chi connectivity index (χ1v) is 8.57. The monoisotopic (exact) mass is 292 g/mol. The highest BCUT2D eigenvalue weighted by Crippen LogP contribution is 2.28. The Balaban J connectivity index is 1.83. The second-order valence-electron chi connectivity index (χ2n) is 6.30. The lowest BCUT2D eigenvalue weighted by Gasteiger charge is -2.36. The highest BCUT2D eigenvalue weighted by Gasteiger charge is 2.37. The highest BCUT2D eigenvalue weighted by atomic mass is 16.5. The zero-order chi connectivity index (χ0) is 14.7. The van der Waals surface area contributed by atoms with Crippen molar-refractivity contribution in [3.63, 3.8) is 0 Å². The molecule has 3 rings (SSSR count). The van der Waals surface area contributed by atoms with Crippen LogP contribution in [0.1, 0.15) is 31.0 Å². The number of quaternary nitrogens is 3. The molecule has 116 valence electrons. The largest absolute Gasteiger partial charge is 0.493 e. The Morgan fingerprint density at radius 2 is 2.00 bits per heavy atom. The van der Waals surface area contributed by atoms with Gasteiger partial charge in [-0.2, -0.15) is 0 Å². The van der Waals surface area contributed by atoms with Gasteiger partial charge in [-0.05, 0) is 19.9 Å². The SMILES string of the molecule is CCOc1cccc2c1[C@H]([NH+]1CC[NH+](CC)CC1)C[NH2+]C2. The molecule has 0 spiro atoms. The van der Waals surface area contributed by atoms with Gasteiger partial charge in [0.05, 0.1) is 18.7 Å². The summed E-state index contributed by atoms with van der Waals surface area (Å²) in [7, 11) is 0. The zero-order valence-electron chi connectivity index (χ0n) is 13.5. The number of rotatable bonds is 4. The fraction of sp³-hybridized carbons (Fsp3) is 0.647. The van der Waals surface area contributed by atoms with Crippen molar-refractivity contribution in [3.05, 3.63) is 29.3 Å². The first-order chi connectivity index (χ1) is 10.3. The van der Waals surface area contributed by atoms with Crippen LogP contribution in [0.3, 0.4) is 0 Å². The summed E-state index contributed by atoms with van der Waals surface area (Å²) in [4.78, 5) is 3.52. The van der Waals surface area contributed by atoms with E-state index in [1.165, 1.54) is 50.4 Å². The molecule has 2 aliphatic heterocycles. The maximum absolute atomic E-state index is 5.94. The van der Waals surface area contributed by atoms with Crippen LogP contribution in [0.25, 0.3) is 0 Å². The van der Waals surface area contributed by atoms with Gasteiger partial charge in [0.25, 0.3) is 0 Å². The van der Waals surface area contributed by atoms with E-state index in [9.17, 15) is 0 Å². The summed E-state index contributed by atoms with van der Waals surface area (Å²) in [6.07, 6.45) is 0. The molecule has 0 unspecified atom stereocenters. The number of hydrogen-bond donors (Lipinski definition) is 3. The molecule has 1 fully saturated rings. The van der Waals surface area contributed by atoms with Gasteiger partial charge in [-0.3, -0.25) is 0 Å². The molecule has 4 N–H and O–H groups in total. The van der Waals surface area contributed by atoms with Gasteiger partial charge in [0, 0.05) is 5.56 Å². The number of nitrogens with two attached hydrogens (primary N) is 1. The number of ether oxygens (including phenoxy) is 1. The summed E-state index contributed by atoms with van der Waals surface area (Å²) < 4.78 is 5.94. The van der Waals surface area contributed by atoms with Crippen LogP contribution in [0.15, 0.2) is 18.2 Å². The Labute approximate surface area is 128 Å². The Bertz CT molecular complexity index is 469. The van der Waals surface area contributed by atoms with Gasteiger partial charge in [0.1, 0.15) is 45.0 Å². The lowest BCUT2D eigenvalue weighted by atomic mass is 9.94. The Morgan fingerprint density at radius 3 is 2.71 bits per heavy atom. The number of benzene rings is 1. The minimum Gasteiger partial charge on any atom is -0.493 e. The fourth-order valence-electron chi connectivity index (χ4n) is 3.97. The predicted octanol–water partition coefficient (Wildman–Crippen LogP) is -1.99. The van der Waals surface area contributed by atoms with E-state index in [1.54, 1.807) is 9.80 Å². The molecule has 4 heteroatoms.